The molecule has 134 valence electrons. The molecule has 4 heterocycles. The van der Waals surface area contributed by atoms with E-state index in [1.54, 1.807) is 21.7 Å². The molecular formula is C18H24N4O3. The van der Waals surface area contributed by atoms with E-state index in [9.17, 15) is 9.90 Å². The first-order valence-corrected chi connectivity index (χ1v) is 8.89. The Kier molecular flexibility index (Phi) is 4.45. The molecule has 0 aliphatic carbocycles. The molecule has 1 N–H and O–H groups in total. The van der Waals surface area contributed by atoms with Gasteiger partial charge in [0.25, 0.3) is 5.91 Å². The van der Waals surface area contributed by atoms with Gasteiger partial charge in [-0.15, -0.1) is 0 Å². The molecule has 4 rings (SSSR count). The van der Waals surface area contributed by atoms with E-state index in [1.165, 1.54) is 12.8 Å². The molecule has 0 radical (unpaired) electrons. The molecular weight excluding hydrogens is 320 g/mol. The second-order valence-electron chi connectivity index (χ2n) is 7.07. The summed E-state index contributed by atoms with van der Waals surface area (Å²) in [6.07, 6.45) is 4.02. The van der Waals surface area contributed by atoms with E-state index in [1.807, 2.05) is 18.2 Å². The number of amides is 1. The van der Waals surface area contributed by atoms with Gasteiger partial charge in [0, 0.05) is 13.1 Å². The van der Waals surface area contributed by atoms with Crippen LogP contribution >= 0.6 is 0 Å². The molecule has 0 unspecified atom stereocenters. The lowest BCUT2D eigenvalue weighted by Crippen LogP contribution is -2.53. The summed E-state index contributed by atoms with van der Waals surface area (Å²) in [5.41, 5.74) is 0.353. The Labute approximate surface area is 146 Å². The van der Waals surface area contributed by atoms with Gasteiger partial charge in [-0.3, -0.25) is 4.79 Å². The van der Waals surface area contributed by atoms with Gasteiger partial charge in [-0.25, -0.2) is 4.52 Å². The van der Waals surface area contributed by atoms with Gasteiger partial charge >= 0.3 is 0 Å². The zero-order chi connectivity index (χ0) is 17.3. The summed E-state index contributed by atoms with van der Waals surface area (Å²) < 4.78 is 7.26. The van der Waals surface area contributed by atoms with E-state index in [0.717, 1.165) is 18.6 Å². The molecule has 0 aromatic carbocycles. The summed E-state index contributed by atoms with van der Waals surface area (Å²) in [5.74, 6) is -0.125. The van der Waals surface area contributed by atoms with Crippen molar-refractivity contribution in [3.05, 3.63) is 36.2 Å². The first-order chi connectivity index (χ1) is 12.1. The van der Waals surface area contributed by atoms with Crippen LogP contribution in [0.15, 0.2) is 30.5 Å². The molecule has 2 aromatic heterocycles. The lowest BCUT2D eigenvalue weighted by molar-refractivity contribution is -0.0524. The summed E-state index contributed by atoms with van der Waals surface area (Å²) >= 11 is 0. The predicted octanol–water partition coefficient (Wildman–Crippen LogP) is 0.634. The van der Waals surface area contributed by atoms with Crippen molar-refractivity contribution in [3.63, 3.8) is 0 Å². The number of likely N-dealkylation sites (tertiary alicyclic amines) is 1. The molecule has 7 heteroatoms. The Bertz CT molecular complexity index is 756. The van der Waals surface area contributed by atoms with Gasteiger partial charge in [0.2, 0.25) is 0 Å². The predicted molar refractivity (Wildman–Crippen MR) is 92.5 cm³/mol. The summed E-state index contributed by atoms with van der Waals surface area (Å²) in [5, 5.41) is 15.3. The van der Waals surface area contributed by atoms with Crippen molar-refractivity contribution in [1.82, 2.24) is 19.4 Å². The number of hydrogen-bond donors (Lipinski definition) is 1. The molecule has 25 heavy (non-hydrogen) atoms. The highest BCUT2D eigenvalue weighted by atomic mass is 16.5. The number of carbonyl (C=O) groups is 1. The average molecular weight is 344 g/mol. The normalized spacial score (nSPS) is 25.4. The maximum atomic E-state index is 13.1. The van der Waals surface area contributed by atoms with Gasteiger partial charge in [0.15, 0.2) is 0 Å². The van der Waals surface area contributed by atoms with Crippen molar-refractivity contribution < 1.29 is 14.6 Å². The maximum Gasteiger partial charge on any atom is 0.272 e. The minimum absolute atomic E-state index is 0.125. The zero-order valence-corrected chi connectivity index (χ0v) is 14.3. The van der Waals surface area contributed by atoms with E-state index in [0.29, 0.717) is 25.4 Å². The fourth-order valence-electron chi connectivity index (χ4n) is 3.82. The smallest absolute Gasteiger partial charge is 0.272 e. The van der Waals surface area contributed by atoms with Crippen molar-refractivity contribution in [1.29, 1.82) is 0 Å². The summed E-state index contributed by atoms with van der Waals surface area (Å²) in [6, 6.07) is 7.41. The highest BCUT2D eigenvalue weighted by molar-refractivity contribution is 5.93. The van der Waals surface area contributed by atoms with Crippen molar-refractivity contribution >= 4 is 11.4 Å². The fraction of sp³-hybridized carbons (Fsp3) is 0.556. The first kappa shape index (κ1) is 16.5. The van der Waals surface area contributed by atoms with Crippen LogP contribution in [0.1, 0.15) is 23.3 Å². The van der Waals surface area contributed by atoms with Crippen LogP contribution < -0.4 is 0 Å². The zero-order valence-electron chi connectivity index (χ0n) is 14.3. The second-order valence-corrected chi connectivity index (χ2v) is 7.07. The van der Waals surface area contributed by atoms with Gasteiger partial charge < -0.3 is 19.6 Å². The Morgan fingerprint density at radius 3 is 2.92 bits per heavy atom. The number of fused-ring (bicyclic) bond motifs is 1. The van der Waals surface area contributed by atoms with Crippen LogP contribution in [0.25, 0.3) is 5.52 Å². The lowest BCUT2D eigenvalue weighted by atomic mass is 10.0. The SMILES string of the molecule is O=C(c1cccc2ccnn12)N1CCOC[C@@](O)(CN2CCCC2)C1. The topological polar surface area (TPSA) is 70.3 Å². The number of aromatic nitrogens is 2. The second kappa shape index (κ2) is 6.74. The summed E-state index contributed by atoms with van der Waals surface area (Å²) in [6.45, 7) is 4.00. The Hall–Kier alpha value is -1.96. The van der Waals surface area contributed by atoms with Crippen LogP contribution in [0.5, 0.6) is 0 Å². The van der Waals surface area contributed by atoms with Crippen LogP contribution in [0, 0.1) is 0 Å². The first-order valence-electron chi connectivity index (χ1n) is 8.89. The minimum atomic E-state index is -1.03. The third-order valence-electron chi connectivity index (χ3n) is 5.01. The van der Waals surface area contributed by atoms with Crippen molar-refractivity contribution in [2.45, 2.75) is 18.4 Å². The molecule has 2 saturated heterocycles. The quantitative estimate of drug-likeness (QED) is 0.885. The van der Waals surface area contributed by atoms with Crippen molar-refractivity contribution in [3.8, 4) is 0 Å². The average Bonchev–Trinajstić information content (AvgIpc) is 3.24. The van der Waals surface area contributed by atoms with Crippen LogP contribution in [-0.4, -0.2) is 82.0 Å². The minimum Gasteiger partial charge on any atom is -0.384 e. The number of rotatable bonds is 3. The number of nitrogens with zero attached hydrogens (tertiary/aromatic N) is 4. The van der Waals surface area contributed by atoms with Crippen LogP contribution in [-0.2, 0) is 4.74 Å². The highest BCUT2D eigenvalue weighted by Gasteiger charge is 2.37. The van der Waals surface area contributed by atoms with E-state index >= 15 is 0 Å². The van der Waals surface area contributed by atoms with Gasteiger partial charge in [0.1, 0.15) is 11.3 Å². The van der Waals surface area contributed by atoms with Crippen LogP contribution in [0.2, 0.25) is 0 Å². The van der Waals surface area contributed by atoms with Crippen molar-refractivity contribution in [2.24, 2.45) is 0 Å². The van der Waals surface area contributed by atoms with E-state index < -0.39 is 5.60 Å². The number of aliphatic hydroxyl groups is 1. The molecule has 2 aliphatic rings. The Balaban J connectivity index is 1.55. The standard InChI is InChI=1S/C18H24N4O3/c23-17(16-5-3-4-15-6-7-19-22(15)16)21-10-11-25-14-18(24,13-21)12-20-8-1-2-9-20/h3-7,24H,1-2,8-14H2/t18-/m1/s1. The molecule has 1 atom stereocenters. The molecule has 0 spiro atoms. The number of ether oxygens (including phenoxy) is 1. The molecule has 1 amide bonds. The molecule has 0 bridgehead atoms. The van der Waals surface area contributed by atoms with Crippen LogP contribution in [0.4, 0.5) is 0 Å². The van der Waals surface area contributed by atoms with E-state index in [4.69, 9.17) is 4.74 Å². The largest absolute Gasteiger partial charge is 0.384 e. The van der Waals surface area contributed by atoms with Crippen molar-refractivity contribution in [2.75, 3.05) is 45.9 Å². The van der Waals surface area contributed by atoms with E-state index in [-0.39, 0.29) is 19.1 Å². The number of β-amino-alcohol motifs (C(OH)–C–C–N with tert-alkyl or cyclic N) is 1. The highest BCUT2D eigenvalue weighted by Crippen LogP contribution is 2.19. The monoisotopic (exact) mass is 344 g/mol. The molecule has 2 aliphatic heterocycles. The summed E-state index contributed by atoms with van der Waals surface area (Å²) in [7, 11) is 0. The van der Waals surface area contributed by atoms with Gasteiger partial charge in [-0.05, 0) is 44.1 Å². The van der Waals surface area contributed by atoms with Crippen LogP contribution in [0.3, 0.4) is 0 Å². The molecule has 2 aromatic rings. The Morgan fingerprint density at radius 2 is 2.08 bits per heavy atom. The van der Waals surface area contributed by atoms with Gasteiger partial charge in [-0.2, -0.15) is 5.10 Å². The van der Waals surface area contributed by atoms with Gasteiger partial charge in [0.05, 0.1) is 31.5 Å². The lowest BCUT2D eigenvalue weighted by Gasteiger charge is -2.34. The van der Waals surface area contributed by atoms with E-state index in [2.05, 4.69) is 10.00 Å². The molecule has 7 nitrogen and oxygen atoms in total. The third kappa shape index (κ3) is 3.40. The number of hydrogen-bond acceptors (Lipinski definition) is 5. The maximum absolute atomic E-state index is 13.1. The van der Waals surface area contributed by atoms with Gasteiger partial charge in [-0.1, -0.05) is 6.07 Å². The molecule has 2 fully saturated rings. The summed E-state index contributed by atoms with van der Waals surface area (Å²) in [4.78, 5) is 17.0. The fourth-order valence-corrected chi connectivity index (χ4v) is 3.82. The molecule has 0 saturated carbocycles. The number of carbonyl (C=O) groups excluding carboxylic acids is 1. The third-order valence-corrected chi connectivity index (χ3v) is 5.01. The number of pyridine rings is 1. The Morgan fingerprint density at radius 1 is 1.24 bits per heavy atom.